The molecule has 1 rings (SSSR count). The summed E-state index contributed by atoms with van der Waals surface area (Å²) in [7, 11) is 0. The second kappa shape index (κ2) is 5.71. The zero-order chi connectivity index (χ0) is 13.9. The minimum Gasteiger partial charge on any atom is -0.368 e. The summed E-state index contributed by atoms with van der Waals surface area (Å²) in [6.45, 7) is 0.558. The molecule has 0 aliphatic rings. The summed E-state index contributed by atoms with van der Waals surface area (Å²) >= 11 is 3.25. The van der Waals surface area contributed by atoms with Crippen molar-refractivity contribution in [1.29, 1.82) is 0 Å². The Labute approximate surface area is 111 Å². The molecule has 1 unspecified atom stereocenters. The Kier molecular flexibility index (Phi) is 4.75. The third-order valence-electron chi connectivity index (χ3n) is 2.32. The predicted octanol–water partition coefficient (Wildman–Crippen LogP) is 2.44. The van der Waals surface area contributed by atoms with Gasteiger partial charge in [0.2, 0.25) is 5.91 Å². The van der Waals surface area contributed by atoms with Gasteiger partial charge < -0.3 is 5.73 Å². The van der Waals surface area contributed by atoms with Crippen LogP contribution in [0.1, 0.15) is 17.2 Å². The first-order valence-electron chi connectivity index (χ1n) is 5.06. The van der Waals surface area contributed by atoms with E-state index in [1.165, 1.54) is 0 Å². The van der Waals surface area contributed by atoms with Crippen LogP contribution in [0.2, 0.25) is 0 Å². The molecule has 0 bridgehead atoms. The second-order valence-electron chi connectivity index (χ2n) is 3.84. The van der Waals surface area contributed by atoms with Gasteiger partial charge in [0.15, 0.2) is 0 Å². The Balaban J connectivity index is 2.91. The van der Waals surface area contributed by atoms with Gasteiger partial charge >= 0.3 is 6.18 Å². The SMILES string of the molecule is Cc1ccc(C(NCC(F)(F)F)C(N)=O)cc1Br. The molecule has 0 heterocycles. The number of hydrogen-bond acceptors (Lipinski definition) is 2. The number of alkyl halides is 3. The van der Waals surface area contributed by atoms with Crippen molar-refractivity contribution in [3.05, 3.63) is 33.8 Å². The summed E-state index contributed by atoms with van der Waals surface area (Å²) in [5, 5.41) is 2.10. The van der Waals surface area contributed by atoms with E-state index < -0.39 is 24.7 Å². The number of nitrogens with two attached hydrogens (primary N) is 1. The first kappa shape index (κ1) is 15.0. The summed E-state index contributed by atoms with van der Waals surface area (Å²) in [5.74, 6) is -0.852. The fourth-order valence-corrected chi connectivity index (χ4v) is 1.79. The number of primary amides is 1. The molecule has 0 aliphatic heterocycles. The van der Waals surface area contributed by atoms with E-state index in [1.807, 2.05) is 6.92 Å². The first-order chi connectivity index (χ1) is 8.20. The van der Waals surface area contributed by atoms with Crippen molar-refractivity contribution in [3.8, 4) is 0 Å². The third-order valence-corrected chi connectivity index (χ3v) is 3.17. The maximum absolute atomic E-state index is 12.1. The van der Waals surface area contributed by atoms with Gasteiger partial charge in [-0.3, -0.25) is 10.1 Å². The summed E-state index contributed by atoms with van der Waals surface area (Å²) in [4.78, 5) is 11.2. The van der Waals surface area contributed by atoms with E-state index in [9.17, 15) is 18.0 Å². The molecule has 0 saturated carbocycles. The van der Waals surface area contributed by atoms with Crippen molar-refractivity contribution < 1.29 is 18.0 Å². The molecule has 3 nitrogen and oxygen atoms in total. The van der Waals surface area contributed by atoms with Gasteiger partial charge in [0.1, 0.15) is 6.04 Å². The number of carbonyl (C=O) groups excluding carboxylic acids is 1. The molecule has 0 saturated heterocycles. The molecule has 0 aliphatic carbocycles. The van der Waals surface area contributed by atoms with Crippen molar-refractivity contribution in [2.24, 2.45) is 5.73 Å². The molecule has 1 aromatic carbocycles. The summed E-state index contributed by atoms with van der Waals surface area (Å²) in [6, 6.07) is 3.68. The lowest BCUT2D eigenvalue weighted by Crippen LogP contribution is -2.39. The Hall–Kier alpha value is -1.08. The van der Waals surface area contributed by atoms with Crippen LogP contribution in [0.3, 0.4) is 0 Å². The number of hydrogen-bond donors (Lipinski definition) is 2. The van der Waals surface area contributed by atoms with Gasteiger partial charge in [0.25, 0.3) is 0 Å². The maximum atomic E-state index is 12.1. The zero-order valence-electron chi connectivity index (χ0n) is 9.51. The topological polar surface area (TPSA) is 55.1 Å². The second-order valence-corrected chi connectivity index (χ2v) is 4.69. The molecule has 1 amide bonds. The first-order valence-corrected chi connectivity index (χ1v) is 5.85. The van der Waals surface area contributed by atoms with Crippen LogP contribution in [0, 0.1) is 6.92 Å². The molecular weight excluding hydrogens is 313 g/mol. The summed E-state index contributed by atoms with van der Waals surface area (Å²) in [6.07, 6.45) is -4.39. The van der Waals surface area contributed by atoms with Gasteiger partial charge in [0.05, 0.1) is 6.54 Å². The van der Waals surface area contributed by atoms with E-state index >= 15 is 0 Å². The molecule has 3 N–H and O–H groups in total. The van der Waals surface area contributed by atoms with Crippen LogP contribution in [0.25, 0.3) is 0 Å². The zero-order valence-corrected chi connectivity index (χ0v) is 11.1. The molecule has 18 heavy (non-hydrogen) atoms. The predicted molar refractivity (Wildman–Crippen MR) is 64.9 cm³/mol. The standard InChI is InChI=1S/C11H12BrF3N2O/c1-6-2-3-7(4-8(6)12)9(10(16)18)17-5-11(13,14)15/h2-4,9,17H,5H2,1H3,(H2,16,18). The van der Waals surface area contributed by atoms with Crippen molar-refractivity contribution in [1.82, 2.24) is 5.32 Å². The lowest BCUT2D eigenvalue weighted by molar-refractivity contribution is -0.130. The van der Waals surface area contributed by atoms with Gasteiger partial charge in [-0.2, -0.15) is 13.2 Å². The quantitative estimate of drug-likeness (QED) is 0.893. The molecule has 1 atom stereocenters. The van der Waals surface area contributed by atoms with Gasteiger partial charge in [-0.25, -0.2) is 0 Å². The van der Waals surface area contributed by atoms with Crippen molar-refractivity contribution in [3.63, 3.8) is 0 Å². The average molecular weight is 325 g/mol. The van der Waals surface area contributed by atoms with Crippen LogP contribution >= 0.6 is 15.9 Å². The number of halogens is 4. The van der Waals surface area contributed by atoms with E-state index in [0.717, 1.165) is 5.56 Å². The normalized spacial score (nSPS) is 13.4. The van der Waals surface area contributed by atoms with Crippen LogP contribution < -0.4 is 11.1 Å². The van der Waals surface area contributed by atoms with Crippen LogP contribution in [0.4, 0.5) is 13.2 Å². The van der Waals surface area contributed by atoms with Crippen LogP contribution in [-0.2, 0) is 4.79 Å². The summed E-state index contributed by atoms with van der Waals surface area (Å²) in [5.41, 5.74) is 6.41. The maximum Gasteiger partial charge on any atom is 0.401 e. The van der Waals surface area contributed by atoms with E-state index in [2.05, 4.69) is 21.2 Å². The lowest BCUT2D eigenvalue weighted by Gasteiger charge is -2.17. The highest BCUT2D eigenvalue weighted by atomic mass is 79.9. The minimum absolute atomic E-state index is 0.393. The third kappa shape index (κ3) is 4.30. The van der Waals surface area contributed by atoms with Crippen LogP contribution in [0.15, 0.2) is 22.7 Å². The number of amides is 1. The Morgan fingerprint density at radius 1 is 1.50 bits per heavy atom. The molecule has 100 valence electrons. The van der Waals surface area contributed by atoms with Gasteiger partial charge in [-0.1, -0.05) is 28.1 Å². The number of benzene rings is 1. The lowest BCUT2D eigenvalue weighted by atomic mass is 10.0. The van der Waals surface area contributed by atoms with Crippen molar-refractivity contribution in [2.45, 2.75) is 19.1 Å². The van der Waals surface area contributed by atoms with E-state index in [-0.39, 0.29) is 0 Å². The van der Waals surface area contributed by atoms with E-state index in [4.69, 9.17) is 5.73 Å². The number of carbonyl (C=O) groups is 1. The number of rotatable bonds is 4. The largest absolute Gasteiger partial charge is 0.401 e. The molecular formula is C11H12BrF3N2O. The van der Waals surface area contributed by atoms with Gasteiger partial charge in [0, 0.05) is 4.47 Å². The smallest absolute Gasteiger partial charge is 0.368 e. The Morgan fingerprint density at radius 3 is 2.56 bits per heavy atom. The van der Waals surface area contributed by atoms with Crippen molar-refractivity contribution >= 4 is 21.8 Å². The molecule has 0 fully saturated rings. The fraction of sp³-hybridized carbons (Fsp3) is 0.364. The minimum atomic E-state index is -4.39. The average Bonchev–Trinajstić information content (AvgIpc) is 2.21. The number of aryl methyl sites for hydroxylation is 1. The molecule has 0 spiro atoms. The monoisotopic (exact) mass is 324 g/mol. The van der Waals surface area contributed by atoms with Gasteiger partial charge in [-0.05, 0) is 24.1 Å². The Bertz CT molecular complexity index is 448. The van der Waals surface area contributed by atoms with E-state index in [0.29, 0.717) is 10.0 Å². The molecule has 7 heteroatoms. The number of nitrogens with one attached hydrogen (secondary N) is 1. The molecule has 0 aromatic heterocycles. The fourth-order valence-electron chi connectivity index (χ4n) is 1.39. The van der Waals surface area contributed by atoms with Crippen LogP contribution in [-0.4, -0.2) is 18.6 Å². The highest BCUT2D eigenvalue weighted by molar-refractivity contribution is 9.10. The summed E-state index contributed by atoms with van der Waals surface area (Å²) < 4.78 is 37.1. The molecule has 0 radical (unpaired) electrons. The van der Waals surface area contributed by atoms with Gasteiger partial charge in [-0.15, -0.1) is 0 Å². The Morgan fingerprint density at radius 2 is 2.11 bits per heavy atom. The molecule has 1 aromatic rings. The van der Waals surface area contributed by atoms with Crippen molar-refractivity contribution in [2.75, 3.05) is 6.54 Å². The van der Waals surface area contributed by atoms with E-state index in [1.54, 1.807) is 18.2 Å². The highest BCUT2D eigenvalue weighted by Crippen LogP contribution is 2.23. The highest BCUT2D eigenvalue weighted by Gasteiger charge is 2.30. The van der Waals surface area contributed by atoms with Crippen LogP contribution in [0.5, 0.6) is 0 Å².